The first kappa shape index (κ1) is 7.07. The number of hydrogen-bond acceptors (Lipinski definition) is 0. The molecule has 2 unspecified atom stereocenters. The molecule has 0 amide bonds. The van der Waals surface area contributed by atoms with E-state index in [9.17, 15) is 0 Å². The summed E-state index contributed by atoms with van der Waals surface area (Å²) in [5, 5.41) is 0. The van der Waals surface area contributed by atoms with Gasteiger partial charge in [0.2, 0.25) is 0 Å². The second-order valence-corrected chi connectivity index (χ2v) is 3.31. The van der Waals surface area contributed by atoms with Crippen molar-refractivity contribution >= 4 is 0 Å². The summed E-state index contributed by atoms with van der Waals surface area (Å²) >= 11 is 0. The molecule has 1 N–H and O–H groups in total. The molecule has 1 nitrogen and oxygen atoms in total. The van der Waals surface area contributed by atoms with Gasteiger partial charge < -0.3 is 4.90 Å². The molecule has 0 aromatic rings. The van der Waals surface area contributed by atoms with Crippen molar-refractivity contribution in [3.8, 4) is 0 Å². The Hall–Kier alpha value is -0.0400. The SMILES string of the molecule is [CH2-][NH+]1C(C)CCCC1C. The summed E-state index contributed by atoms with van der Waals surface area (Å²) in [6.45, 7) is 4.58. The Morgan fingerprint density at radius 2 is 1.67 bits per heavy atom. The van der Waals surface area contributed by atoms with Crippen LogP contribution < -0.4 is 4.90 Å². The average molecular weight is 127 g/mol. The van der Waals surface area contributed by atoms with Crippen LogP contribution >= 0.6 is 0 Å². The lowest BCUT2D eigenvalue weighted by molar-refractivity contribution is -0.908. The number of rotatable bonds is 0. The predicted molar refractivity (Wildman–Crippen MR) is 39.1 cm³/mol. The normalized spacial score (nSPS) is 45.0. The van der Waals surface area contributed by atoms with Gasteiger partial charge in [-0.3, -0.25) is 0 Å². The van der Waals surface area contributed by atoms with E-state index in [0.717, 1.165) is 12.1 Å². The summed E-state index contributed by atoms with van der Waals surface area (Å²) in [4.78, 5) is 1.47. The van der Waals surface area contributed by atoms with Crippen molar-refractivity contribution in [2.75, 3.05) is 0 Å². The minimum Gasteiger partial charge on any atom is -0.463 e. The Balaban J connectivity index is 2.41. The first-order chi connectivity index (χ1) is 4.22. The molecule has 0 spiro atoms. The Morgan fingerprint density at radius 1 is 1.22 bits per heavy atom. The summed E-state index contributed by atoms with van der Waals surface area (Å²) < 4.78 is 0. The molecule has 0 aromatic heterocycles. The standard InChI is InChI=1S/C8H17N/c1-7-5-4-6-8(2)9(7)3/h7-9H,3-6H2,1-2H3. The second-order valence-electron chi connectivity index (χ2n) is 3.31. The highest BCUT2D eigenvalue weighted by Crippen LogP contribution is 2.06. The quantitative estimate of drug-likeness (QED) is 0.455. The van der Waals surface area contributed by atoms with Crippen LogP contribution in [0.1, 0.15) is 33.1 Å². The van der Waals surface area contributed by atoms with Gasteiger partial charge in [0.05, 0.1) is 12.1 Å². The minimum atomic E-state index is 0.786. The summed E-state index contributed by atoms with van der Waals surface area (Å²) in [6.07, 6.45) is 4.13. The molecule has 1 aliphatic rings. The Bertz CT molecular complexity index is 80.6. The third kappa shape index (κ3) is 1.45. The van der Waals surface area contributed by atoms with Crippen molar-refractivity contribution in [1.29, 1.82) is 0 Å². The van der Waals surface area contributed by atoms with Crippen molar-refractivity contribution in [3.63, 3.8) is 0 Å². The maximum absolute atomic E-state index is 4.08. The molecule has 0 saturated carbocycles. The minimum absolute atomic E-state index is 0.786. The van der Waals surface area contributed by atoms with E-state index in [1.54, 1.807) is 0 Å². The molecule has 0 radical (unpaired) electrons. The molecule has 0 aliphatic carbocycles. The van der Waals surface area contributed by atoms with Gasteiger partial charge in [-0.05, 0) is 33.1 Å². The van der Waals surface area contributed by atoms with E-state index in [-0.39, 0.29) is 0 Å². The van der Waals surface area contributed by atoms with Gasteiger partial charge in [-0.15, -0.1) is 0 Å². The summed E-state index contributed by atoms with van der Waals surface area (Å²) in [7, 11) is 4.08. The van der Waals surface area contributed by atoms with Crippen LogP contribution in [0.5, 0.6) is 0 Å². The van der Waals surface area contributed by atoms with Crippen LogP contribution in [0.4, 0.5) is 0 Å². The molecular weight excluding hydrogens is 110 g/mol. The second kappa shape index (κ2) is 2.70. The largest absolute Gasteiger partial charge is 0.463 e. The number of nitrogens with one attached hydrogen (secondary N) is 1. The summed E-state index contributed by atoms with van der Waals surface area (Å²) in [5.74, 6) is 0. The van der Waals surface area contributed by atoms with Crippen LogP contribution in [0.2, 0.25) is 0 Å². The van der Waals surface area contributed by atoms with Gasteiger partial charge in [0.25, 0.3) is 0 Å². The molecule has 9 heavy (non-hydrogen) atoms. The predicted octanol–water partition coefficient (Wildman–Crippen LogP) is 0.624. The molecule has 1 rings (SSSR count). The van der Waals surface area contributed by atoms with E-state index in [1.165, 1.54) is 24.2 Å². The summed E-state index contributed by atoms with van der Waals surface area (Å²) in [5.41, 5.74) is 0. The van der Waals surface area contributed by atoms with Crippen LogP contribution in [0, 0.1) is 7.05 Å². The molecule has 1 saturated heterocycles. The lowest BCUT2D eigenvalue weighted by Crippen LogP contribution is -3.14. The number of likely N-dealkylation sites (tertiary alicyclic amines) is 1. The van der Waals surface area contributed by atoms with Crippen molar-refractivity contribution in [3.05, 3.63) is 7.05 Å². The van der Waals surface area contributed by atoms with Gasteiger partial charge in [0.15, 0.2) is 0 Å². The monoisotopic (exact) mass is 127 g/mol. The summed E-state index contributed by atoms with van der Waals surface area (Å²) in [6, 6.07) is 1.57. The maximum Gasteiger partial charge on any atom is 0.0608 e. The Labute approximate surface area is 58.0 Å². The Morgan fingerprint density at radius 3 is 2.00 bits per heavy atom. The molecule has 0 aromatic carbocycles. The van der Waals surface area contributed by atoms with E-state index in [4.69, 9.17) is 0 Å². The molecule has 1 aliphatic heterocycles. The highest BCUT2D eigenvalue weighted by Gasteiger charge is 2.19. The van der Waals surface area contributed by atoms with Crippen molar-refractivity contribution in [2.24, 2.45) is 0 Å². The molecule has 1 heterocycles. The van der Waals surface area contributed by atoms with E-state index in [0.29, 0.717) is 0 Å². The zero-order valence-electron chi connectivity index (χ0n) is 6.48. The fraction of sp³-hybridized carbons (Fsp3) is 0.875. The number of piperidine rings is 1. The van der Waals surface area contributed by atoms with Crippen LogP contribution in [0.3, 0.4) is 0 Å². The van der Waals surface area contributed by atoms with Gasteiger partial charge in [-0.2, -0.15) is 7.05 Å². The molecule has 54 valence electrons. The smallest absolute Gasteiger partial charge is 0.0608 e. The zero-order valence-corrected chi connectivity index (χ0v) is 6.48. The van der Waals surface area contributed by atoms with Crippen LogP contribution in [-0.2, 0) is 0 Å². The van der Waals surface area contributed by atoms with E-state index in [1.807, 2.05) is 0 Å². The highest BCUT2D eigenvalue weighted by molar-refractivity contribution is 4.61. The Kier molecular flexibility index (Phi) is 2.12. The average Bonchev–Trinajstić information content (AvgIpc) is 1.83. The lowest BCUT2D eigenvalue weighted by Gasteiger charge is -2.38. The van der Waals surface area contributed by atoms with Gasteiger partial charge in [0.1, 0.15) is 0 Å². The van der Waals surface area contributed by atoms with E-state index < -0.39 is 0 Å². The van der Waals surface area contributed by atoms with Gasteiger partial charge in [0, 0.05) is 0 Å². The molecule has 0 bridgehead atoms. The molecule has 1 fully saturated rings. The van der Waals surface area contributed by atoms with Crippen molar-refractivity contribution < 1.29 is 4.90 Å². The number of hydrogen-bond donors (Lipinski definition) is 1. The third-order valence-corrected chi connectivity index (χ3v) is 2.54. The van der Waals surface area contributed by atoms with Crippen molar-refractivity contribution in [2.45, 2.75) is 45.2 Å². The maximum atomic E-state index is 4.08. The van der Waals surface area contributed by atoms with Gasteiger partial charge in [-0.1, -0.05) is 0 Å². The first-order valence-electron chi connectivity index (χ1n) is 3.90. The highest BCUT2D eigenvalue weighted by atomic mass is 15.2. The van der Waals surface area contributed by atoms with Gasteiger partial charge in [-0.25, -0.2) is 0 Å². The van der Waals surface area contributed by atoms with Crippen molar-refractivity contribution in [1.82, 2.24) is 0 Å². The third-order valence-electron chi connectivity index (χ3n) is 2.54. The van der Waals surface area contributed by atoms with Crippen LogP contribution in [-0.4, -0.2) is 12.1 Å². The van der Waals surface area contributed by atoms with E-state index >= 15 is 0 Å². The van der Waals surface area contributed by atoms with E-state index in [2.05, 4.69) is 20.9 Å². The topological polar surface area (TPSA) is 4.44 Å². The lowest BCUT2D eigenvalue weighted by atomic mass is 9.99. The first-order valence-corrected chi connectivity index (χ1v) is 3.90. The molecule has 1 heteroatoms. The zero-order chi connectivity index (χ0) is 6.85. The number of quaternary nitrogens is 1. The fourth-order valence-electron chi connectivity index (χ4n) is 1.59. The van der Waals surface area contributed by atoms with Crippen LogP contribution in [0.25, 0.3) is 0 Å². The molecule has 2 atom stereocenters. The fourth-order valence-corrected chi connectivity index (χ4v) is 1.59. The van der Waals surface area contributed by atoms with Crippen LogP contribution in [0.15, 0.2) is 0 Å². The van der Waals surface area contributed by atoms with Gasteiger partial charge >= 0.3 is 0 Å². The molecular formula is C8H17N.